The average molecular weight is 308 g/mol. The number of benzene rings is 1. The Kier molecular flexibility index (Phi) is 4.34. The molecule has 21 heavy (non-hydrogen) atoms. The van der Waals surface area contributed by atoms with Crippen molar-refractivity contribution in [3.63, 3.8) is 0 Å². The monoisotopic (exact) mass is 308 g/mol. The van der Waals surface area contributed by atoms with Crippen LogP contribution in [0, 0.1) is 13.8 Å². The number of rotatable bonds is 5. The average Bonchev–Trinajstić information content (AvgIpc) is 2.72. The molecular formula is C14H20N4O2S. The van der Waals surface area contributed by atoms with Gasteiger partial charge in [0.15, 0.2) is 0 Å². The van der Waals surface area contributed by atoms with E-state index in [0.29, 0.717) is 34.7 Å². The maximum atomic E-state index is 12.4. The maximum Gasteiger partial charge on any atom is 0.241 e. The minimum Gasteiger partial charge on any atom is -0.399 e. The summed E-state index contributed by atoms with van der Waals surface area (Å²) < 4.78 is 29.1. The molecule has 2 rings (SSSR count). The third kappa shape index (κ3) is 3.62. The summed E-state index contributed by atoms with van der Waals surface area (Å²) in [6, 6.07) is 5.20. The van der Waals surface area contributed by atoms with Gasteiger partial charge in [-0.05, 0) is 43.2 Å². The second-order valence-corrected chi connectivity index (χ2v) is 6.82. The van der Waals surface area contributed by atoms with Gasteiger partial charge in [0.05, 0.1) is 10.6 Å². The summed E-state index contributed by atoms with van der Waals surface area (Å²) in [4.78, 5) is 0.303. The van der Waals surface area contributed by atoms with E-state index in [4.69, 9.17) is 5.73 Å². The lowest BCUT2D eigenvalue weighted by Gasteiger charge is -2.12. The number of nitrogens with two attached hydrogens (primary N) is 1. The first-order chi connectivity index (χ1) is 9.79. The molecule has 1 heterocycles. The Morgan fingerprint density at radius 3 is 2.43 bits per heavy atom. The summed E-state index contributed by atoms with van der Waals surface area (Å²) in [6.07, 6.45) is 2.38. The van der Waals surface area contributed by atoms with Gasteiger partial charge in [-0.25, -0.2) is 13.1 Å². The van der Waals surface area contributed by atoms with Crippen molar-refractivity contribution < 1.29 is 8.42 Å². The van der Waals surface area contributed by atoms with E-state index in [-0.39, 0.29) is 0 Å². The molecule has 6 nitrogen and oxygen atoms in total. The van der Waals surface area contributed by atoms with Crippen LogP contribution in [-0.2, 0) is 23.5 Å². The number of aryl methyl sites for hydroxylation is 3. The van der Waals surface area contributed by atoms with Gasteiger partial charge in [0, 0.05) is 31.9 Å². The SMILES string of the molecule is Cc1cc(N)cc(C)c1S(=O)(=O)NCCc1ccn(C)n1. The van der Waals surface area contributed by atoms with Gasteiger partial charge in [-0.3, -0.25) is 4.68 Å². The van der Waals surface area contributed by atoms with Gasteiger partial charge in [0.2, 0.25) is 10.0 Å². The minimum absolute atomic E-state index is 0.303. The van der Waals surface area contributed by atoms with Crippen LogP contribution in [0.1, 0.15) is 16.8 Å². The molecule has 0 bridgehead atoms. The Morgan fingerprint density at radius 1 is 1.29 bits per heavy atom. The van der Waals surface area contributed by atoms with E-state index in [2.05, 4.69) is 9.82 Å². The van der Waals surface area contributed by atoms with Crippen LogP contribution < -0.4 is 10.5 Å². The zero-order chi connectivity index (χ0) is 15.6. The molecule has 0 atom stereocenters. The molecule has 2 aromatic rings. The molecule has 0 radical (unpaired) electrons. The van der Waals surface area contributed by atoms with Crippen molar-refractivity contribution >= 4 is 15.7 Å². The molecule has 0 aliphatic carbocycles. The highest BCUT2D eigenvalue weighted by Crippen LogP contribution is 2.22. The fourth-order valence-corrected chi connectivity index (χ4v) is 3.87. The second kappa shape index (κ2) is 5.87. The molecule has 0 fully saturated rings. The molecule has 0 aliphatic heterocycles. The Hall–Kier alpha value is -1.86. The van der Waals surface area contributed by atoms with E-state index in [1.54, 1.807) is 30.7 Å². The molecule has 7 heteroatoms. The van der Waals surface area contributed by atoms with Gasteiger partial charge in [0.1, 0.15) is 0 Å². The lowest BCUT2D eigenvalue weighted by atomic mass is 10.1. The molecule has 0 saturated heterocycles. The largest absolute Gasteiger partial charge is 0.399 e. The maximum absolute atomic E-state index is 12.4. The minimum atomic E-state index is -3.54. The van der Waals surface area contributed by atoms with Crippen molar-refractivity contribution in [1.29, 1.82) is 0 Å². The first-order valence-electron chi connectivity index (χ1n) is 6.64. The van der Waals surface area contributed by atoms with Crippen molar-refractivity contribution in [2.45, 2.75) is 25.2 Å². The van der Waals surface area contributed by atoms with Crippen LogP contribution in [-0.4, -0.2) is 24.7 Å². The first kappa shape index (κ1) is 15.5. The predicted octanol–water partition coefficient (Wildman–Crippen LogP) is 1.14. The Bertz CT molecular complexity index is 727. The predicted molar refractivity (Wildman–Crippen MR) is 82.4 cm³/mol. The summed E-state index contributed by atoms with van der Waals surface area (Å²) >= 11 is 0. The fraction of sp³-hybridized carbons (Fsp3) is 0.357. The van der Waals surface area contributed by atoms with Gasteiger partial charge in [-0.1, -0.05) is 0 Å². The van der Waals surface area contributed by atoms with E-state index in [1.165, 1.54) is 0 Å². The van der Waals surface area contributed by atoms with Crippen LogP contribution >= 0.6 is 0 Å². The molecule has 0 aliphatic rings. The number of hydrogen-bond acceptors (Lipinski definition) is 4. The number of nitrogens with one attached hydrogen (secondary N) is 1. The van der Waals surface area contributed by atoms with Crippen LogP contribution in [0.2, 0.25) is 0 Å². The van der Waals surface area contributed by atoms with E-state index in [0.717, 1.165) is 5.69 Å². The summed E-state index contributed by atoms with van der Waals surface area (Å²) in [6.45, 7) is 3.80. The Labute approximate surface area is 125 Å². The highest BCUT2D eigenvalue weighted by Gasteiger charge is 2.19. The van der Waals surface area contributed by atoms with Crippen LogP contribution in [0.4, 0.5) is 5.69 Å². The van der Waals surface area contributed by atoms with E-state index < -0.39 is 10.0 Å². The topological polar surface area (TPSA) is 90.0 Å². The molecule has 0 saturated carbocycles. The molecule has 3 N–H and O–H groups in total. The normalized spacial score (nSPS) is 11.8. The summed E-state index contributed by atoms with van der Waals surface area (Å²) in [5.74, 6) is 0. The number of hydrogen-bond donors (Lipinski definition) is 2. The van der Waals surface area contributed by atoms with E-state index >= 15 is 0 Å². The molecular weight excluding hydrogens is 288 g/mol. The zero-order valence-electron chi connectivity index (χ0n) is 12.4. The van der Waals surface area contributed by atoms with Crippen molar-refractivity contribution in [3.8, 4) is 0 Å². The van der Waals surface area contributed by atoms with Crippen LogP contribution in [0.25, 0.3) is 0 Å². The number of anilines is 1. The molecule has 0 spiro atoms. The Morgan fingerprint density at radius 2 is 1.90 bits per heavy atom. The van der Waals surface area contributed by atoms with Gasteiger partial charge >= 0.3 is 0 Å². The van der Waals surface area contributed by atoms with Gasteiger partial charge in [-0.15, -0.1) is 0 Å². The lowest BCUT2D eigenvalue weighted by Crippen LogP contribution is -2.27. The lowest BCUT2D eigenvalue weighted by molar-refractivity contribution is 0.579. The quantitative estimate of drug-likeness (QED) is 0.811. The van der Waals surface area contributed by atoms with Crippen LogP contribution in [0.15, 0.2) is 29.3 Å². The molecule has 1 aromatic carbocycles. The third-order valence-electron chi connectivity index (χ3n) is 3.19. The van der Waals surface area contributed by atoms with Gasteiger partial charge < -0.3 is 5.73 Å². The number of nitrogen functional groups attached to an aromatic ring is 1. The second-order valence-electron chi connectivity index (χ2n) is 5.11. The summed E-state index contributed by atoms with van der Waals surface area (Å²) in [5.41, 5.74) is 8.45. The number of nitrogens with zero attached hydrogens (tertiary/aromatic N) is 2. The fourth-order valence-electron chi connectivity index (χ4n) is 2.39. The van der Waals surface area contributed by atoms with Crippen molar-refractivity contribution in [3.05, 3.63) is 41.2 Å². The highest BCUT2D eigenvalue weighted by atomic mass is 32.2. The van der Waals surface area contributed by atoms with Crippen molar-refractivity contribution in [2.24, 2.45) is 7.05 Å². The zero-order valence-corrected chi connectivity index (χ0v) is 13.2. The number of sulfonamides is 1. The third-order valence-corrected chi connectivity index (χ3v) is 4.96. The van der Waals surface area contributed by atoms with Crippen molar-refractivity contribution in [2.75, 3.05) is 12.3 Å². The smallest absolute Gasteiger partial charge is 0.241 e. The van der Waals surface area contributed by atoms with Gasteiger partial charge in [0.25, 0.3) is 0 Å². The van der Waals surface area contributed by atoms with E-state index in [9.17, 15) is 8.42 Å². The van der Waals surface area contributed by atoms with E-state index in [1.807, 2.05) is 19.3 Å². The van der Waals surface area contributed by atoms with Crippen LogP contribution in [0.5, 0.6) is 0 Å². The molecule has 114 valence electrons. The molecule has 0 amide bonds. The first-order valence-corrected chi connectivity index (χ1v) is 8.13. The van der Waals surface area contributed by atoms with Gasteiger partial charge in [-0.2, -0.15) is 5.10 Å². The van der Waals surface area contributed by atoms with Crippen molar-refractivity contribution in [1.82, 2.24) is 14.5 Å². The standard InChI is InChI=1S/C14H20N4O2S/c1-10-8-12(15)9-11(2)14(10)21(19,20)16-6-4-13-5-7-18(3)17-13/h5,7-9,16H,4,6,15H2,1-3H3. The number of aromatic nitrogens is 2. The summed E-state index contributed by atoms with van der Waals surface area (Å²) in [5, 5.41) is 4.22. The summed E-state index contributed by atoms with van der Waals surface area (Å²) in [7, 11) is -1.71. The molecule has 1 aromatic heterocycles. The van der Waals surface area contributed by atoms with Crippen LogP contribution in [0.3, 0.4) is 0 Å². The highest BCUT2D eigenvalue weighted by molar-refractivity contribution is 7.89. The molecule has 0 unspecified atom stereocenters. The Balaban J connectivity index is 2.12.